The van der Waals surface area contributed by atoms with Crippen LogP contribution in [0.5, 0.6) is 17.2 Å². The zero-order valence-electron chi connectivity index (χ0n) is 15.7. The van der Waals surface area contributed by atoms with Gasteiger partial charge in [-0.3, -0.25) is 0 Å². The van der Waals surface area contributed by atoms with Crippen LogP contribution in [0, 0.1) is 11.3 Å². The molecule has 0 aliphatic heterocycles. The predicted molar refractivity (Wildman–Crippen MR) is 111 cm³/mol. The molecule has 0 spiro atoms. The van der Waals surface area contributed by atoms with Gasteiger partial charge in [0.25, 0.3) is 0 Å². The maximum absolute atomic E-state index is 9.57. The lowest BCUT2D eigenvalue weighted by molar-refractivity contribution is 0.405. The van der Waals surface area contributed by atoms with Crippen molar-refractivity contribution in [2.75, 3.05) is 26.6 Å². The fourth-order valence-corrected chi connectivity index (χ4v) is 3.31. The Balaban J connectivity index is 1.84. The molecule has 0 unspecified atom stereocenters. The van der Waals surface area contributed by atoms with E-state index in [1.165, 1.54) is 11.3 Å². The normalized spacial score (nSPS) is 10.9. The summed E-state index contributed by atoms with van der Waals surface area (Å²) in [6.45, 7) is 0. The van der Waals surface area contributed by atoms with Gasteiger partial charge in [0.05, 0.1) is 32.7 Å². The standard InChI is InChI=1S/C21H19N3O3S/c1-25-16-6-4-14(5-7-16)19-13-28-21(24-19)15(11-22)12-23-18-10-17(26-2)8-9-20(18)27-3/h4-10,12-13,23H,1-3H3. The van der Waals surface area contributed by atoms with Crippen molar-refractivity contribution < 1.29 is 14.2 Å². The summed E-state index contributed by atoms with van der Waals surface area (Å²) in [5.41, 5.74) is 2.89. The fraction of sp³-hybridized carbons (Fsp3) is 0.143. The second kappa shape index (κ2) is 8.93. The monoisotopic (exact) mass is 393 g/mol. The number of thiazole rings is 1. The second-order valence-corrected chi connectivity index (χ2v) is 6.50. The Morgan fingerprint density at radius 1 is 1.04 bits per heavy atom. The van der Waals surface area contributed by atoms with Crippen molar-refractivity contribution in [3.63, 3.8) is 0 Å². The van der Waals surface area contributed by atoms with Gasteiger partial charge >= 0.3 is 0 Å². The highest BCUT2D eigenvalue weighted by Crippen LogP contribution is 2.31. The third-order valence-electron chi connectivity index (χ3n) is 4.02. The van der Waals surface area contributed by atoms with E-state index in [0.717, 1.165) is 17.0 Å². The van der Waals surface area contributed by atoms with E-state index in [1.807, 2.05) is 29.6 Å². The molecule has 6 nitrogen and oxygen atoms in total. The number of hydrogen-bond acceptors (Lipinski definition) is 7. The summed E-state index contributed by atoms with van der Waals surface area (Å²) in [7, 11) is 4.81. The predicted octanol–water partition coefficient (Wildman–Crippen LogP) is 4.81. The molecular formula is C21H19N3O3S. The average molecular weight is 393 g/mol. The Hall–Kier alpha value is -3.50. The zero-order valence-corrected chi connectivity index (χ0v) is 16.5. The third-order valence-corrected chi connectivity index (χ3v) is 4.90. The van der Waals surface area contributed by atoms with Gasteiger partial charge in [0.2, 0.25) is 0 Å². The zero-order chi connectivity index (χ0) is 19.9. The van der Waals surface area contributed by atoms with Crippen LogP contribution in [0.2, 0.25) is 0 Å². The van der Waals surface area contributed by atoms with Crippen molar-refractivity contribution in [1.29, 1.82) is 5.26 Å². The van der Waals surface area contributed by atoms with Gasteiger partial charge in [-0.15, -0.1) is 11.3 Å². The quantitative estimate of drug-likeness (QED) is 0.581. The Morgan fingerprint density at radius 2 is 1.75 bits per heavy atom. The average Bonchev–Trinajstić information content (AvgIpc) is 3.24. The van der Waals surface area contributed by atoms with Crippen LogP contribution in [-0.2, 0) is 0 Å². The van der Waals surface area contributed by atoms with Crippen molar-refractivity contribution in [3.05, 3.63) is 59.1 Å². The molecule has 0 saturated carbocycles. The molecule has 0 saturated heterocycles. The molecule has 0 bridgehead atoms. The molecule has 7 heteroatoms. The number of aromatic nitrogens is 1. The van der Waals surface area contributed by atoms with Crippen LogP contribution in [0.1, 0.15) is 5.01 Å². The first-order valence-corrected chi connectivity index (χ1v) is 9.25. The lowest BCUT2D eigenvalue weighted by atomic mass is 10.2. The van der Waals surface area contributed by atoms with Gasteiger partial charge in [0.1, 0.15) is 33.9 Å². The summed E-state index contributed by atoms with van der Waals surface area (Å²) in [4.78, 5) is 4.59. The molecule has 0 amide bonds. The maximum atomic E-state index is 9.57. The molecular weight excluding hydrogens is 374 g/mol. The summed E-state index contributed by atoms with van der Waals surface area (Å²) < 4.78 is 15.8. The second-order valence-electron chi connectivity index (χ2n) is 5.65. The molecule has 0 aliphatic carbocycles. The highest BCUT2D eigenvalue weighted by Gasteiger charge is 2.10. The minimum atomic E-state index is 0.426. The first-order chi connectivity index (χ1) is 13.7. The number of nitriles is 1. The number of nitrogens with one attached hydrogen (secondary N) is 1. The largest absolute Gasteiger partial charge is 0.497 e. The van der Waals surface area contributed by atoms with E-state index in [2.05, 4.69) is 16.4 Å². The lowest BCUT2D eigenvalue weighted by Gasteiger charge is -2.10. The number of anilines is 1. The SMILES string of the molecule is COc1ccc(-c2csc(C(C#N)=CNc3cc(OC)ccc3OC)n2)cc1. The van der Waals surface area contributed by atoms with Gasteiger partial charge in [0, 0.05) is 23.2 Å². The summed E-state index contributed by atoms with van der Waals surface area (Å²) in [6.07, 6.45) is 1.62. The molecule has 0 fully saturated rings. The van der Waals surface area contributed by atoms with Crippen molar-refractivity contribution in [2.24, 2.45) is 0 Å². The van der Waals surface area contributed by atoms with E-state index in [0.29, 0.717) is 27.8 Å². The molecule has 0 aliphatic rings. The summed E-state index contributed by atoms with van der Waals surface area (Å²) >= 11 is 1.41. The van der Waals surface area contributed by atoms with E-state index >= 15 is 0 Å². The van der Waals surface area contributed by atoms with Crippen LogP contribution >= 0.6 is 11.3 Å². The fourth-order valence-electron chi connectivity index (χ4n) is 2.51. The maximum Gasteiger partial charge on any atom is 0.142 e. The van der Waals surface area contributed by atoms with Gasteiger partial charge in [-0.2, -0.15) is 5.26 Å². The van der Waals surface area contributed by atoms with E-state index in [-0.39, 0.29) is 0 Å². The summed E-state index contributed by atoms with van der Waals surface area (Å²) in [6, 6.07) is 15.2. The lowest BCUT2D eigenvalue weighted by Crippen LogP contribution is -1.96. The van der Waals surface area contributed by atoms with Gasteiger partial charge in [0.15, 0.2) is 0 Å². The van der Waals surface area contributed by atoms with Crippen molar-refractivity contribution in [3.8, 4) is 34.6 Å². The van der Waals surface area contributed by atoms with Crippen molar-refractivity contribution in [1.82, 2.24) is 4.98 Å². The van der Waals surface area contributed by atoms with E-state index < -0.39 is 0 Å². The van der Waals surface area contributed by atoms with Gasteiger partial charge in [-0.05, 0) is 36.4 Å². The number of methoxy groups -OCH3 is 3. The van der Waals surface area contributed by atoms with Crippen LogP contribution in [0.15, 0.2) is 54.0 Å². The van der Waals surface area contributed by atoms with Crippen molar-refractivity contribution in [2.45, 2.75) is 0 Å². The number of hydrogen-bond donors (Lipinski definition) is 1. The van der Waals surface area contributed by atoms with Crippen LogP contribution < -0.4 is 19.5 Å². The number of benzene rings is 2. The minimum absolute atomic E-state index is 0.426. The number of allylic oxidation sites excluding steroid dienone is 1. The van der Waals surface area contributed by atoms with Gasteiger partial charge < -0.3 is 19.5 Å². The molecule has 142 valence electrons. The minimum Gasteiger partial charge on any atom is -0.497 e. The third kappa shape index (κ3) is 4.24. The van der Waals surface area contributed by atoms with Crippen LogP contribution in [0.25, 0.3) is 16.8 Å². The van der Waals surface area contributed by atoms with E-state index in [1.54, 1.807) is 45.7 Å². The molecule has 1 heterocycles. The summed E-state index contributed by atoms with van der Waals surface area (Å²) in [5.74, 6) is 2.12. The molecule has 1 aromatic heterocycles. The molecule has 28 heavy (non-hydrogen) atoms. The first-order valence-electron chi connectivity index (χ1n) is 8.37. The topological polar surface area (TPSA) is 76.4 Å². The Labute approximate surface area is 167 Å². The van der Waals surface area contributed by atoms with E-state index in [4.69, 9.17) is 14.2 Å². The highest BCUT2D eigenvalue weighted by atomic mass is 32.1. The molecule has 0 atom stereocenters. The number of ether oxygens (including phenoxy) is 3. The van der Waals surface area contributed by atoms with Crippen molar-refractivity contribution >= 4 is 22.6 Å². The number of rotatable bonds is 7. The molecule has 3 aromatic rings. The van der Waals surface area contributed by atoms with Crippen LogP contribution in [0.4, 0.5) is 5.69 Å². The Kier molecular flexibility index (Phi) is 6.14. The Bertz CT molecular complexity index is 1020. The van der Waals surface area contributed by atoms with Gasteiger partial charge in [-0.1, -0.05) is 0 Å². The van der Waals surface area contributed by atoms with Crippen LogP contribution in [-0.4, -0.2) is 26.3 Å². The first kappa shape index (κ1) is 19.3. The molecule has 1 N–H and O–H groups in total. The molecule has 2 aromatic carbocycles. The van der Waals surface area contributed by atoms with Crippen LogP contribution in [0.3, 0.4) is 0 Å². The summed E-state index contributed by atoms with van der Waals surface area (Å²) in [5, 5.41) is 15.2. The highest BCUT2D eigenvalue weighted by molar-refractivity contribution is 7.11. The number of nitrogens with zero attached hydrogens (tertiary/aromatic N) is 2. The Morgan fingerprint density at radius 3 is 2.39 bits per heavy atom. The molecule has 0 radical (unpaired) electrons. The smallest absolute Gasteiger partial charge is 0.142 e. The molecule has 3 rings (SSSR count). The van der Waals surface area contributed by atoms with E-state index in [9.17, 15) is 5.26 Å². The van der Waals surface area contributed by atoms with Gasteiger partial charge in [-0.25, -0.2) is 4.98 Å².